The molecule has 2 aromatic heterocycles. The van der Waals surface area contributed by atoms with E-state index in [9.17, 15) is 0 Å². The van der Waals surface area contributed by atoms with Gasteiger partial charge in [0, 0.05) is 10.8 Å². The number of thiophene rings is 1. The average Bonchev–Trinajstić information content (AvgIpc) is 2.74. The Bertz CT molecular complexity index is 627. The molecule has 1 saturated carbocycles. The molecule has 0 N–H and O–H groups in total. The lowest BCUT2D eigenvalue weighted by atomic mass is 9.80. The van der Waals surface area contributed by atoms with Gasteiger partial charge in [0.25, 0.3) is 0 Å². The molecule has 0 amide bonds. The highest BCUT2D eigenvalue weighted by Gasteiger charge is 2.24. The third-order valence-electron chi connectivity index (χ3n) is 4.79. The second kappa shape index (κ2) is 5.61. The van der Waals surface area contributed by atoms with Crippen LogP contribution in [0.1, 0.15) is 61.2 Å². The van der Waals surface area contributed by atoms with Crippen molar-refractivity contribution in [2.75, 3.05) is 0 Å². The molecule has 0 radical (unpaired) electrons. The van der Waals surface area contributed by atoms with E-state index in [-0.39, 0.29) is 0 Å². The number of aryl methyl sites for hydroxylation is 2. The van der Waals surface area contributed by atoms with Crippen molar-refractivity contribution in [1.29, 1.82) is 0 Å². The summed E-state index contributed by atoms with van der Waals surface area (Å²) >= 11 is 8.15. The Morgan fingerprint density at radius 3 is 2.50 bits per heavy atom. The van der Waals surface area contributed by atoms with Crippen molar-refractivity contribution >= 4 is 33.2 Å². The summed E-state index contributed by atoms with van der Waals surface area (Å²) in [6.45, 7) is 6.53. The first kappa shape index (κ1) is 14.3. The molecule has 0 aromatic carbocycles. The maximum absolute atomic E-state index is 6.41. The quantitative estimate of drug-likeness (QED) is 0.670. The van der Waals surface area contributed by atoms with E-state index in [0.29, 0.717) is 11.1 Å². The van der Waals surface area contributed by atoms with Crippen molar-refractivity contribution in [2.24, 2.45) is 5.92 Å². The molecule has 1 aliphatic rings. The molecule has 20 heavy (non-hydrogen) atoms. The zero-order valence-corrected chi connectivity index (χ0v) is 13.9. The van der Waals surface area contributed by atoms with Crippen LogP contribution in [0, 0.1) is 19.8 Å². The van der Waals surface area contributed by atoms with Gasteiger partial charge in [-0.1, -0.05) is 24.9 Å². The summed E-state index contributed by atoms with van der Waals surface area (Å²) in [5.74, 6) is 2.37. The van der Waals surface area contributed by atoms with Crippen LogP contribution in [0.25, 0.3) is 10.2 Å². The SMILES string of the molecule is CCC1CCC(c2nc(Cl)c3c(C)c(C)sc3n2)CC1. The van der Waals surface area contributed by atoms with Crippen molar-refractivity contribution in [3.63, 3.8) is 0 Å². The Morgan fingerprint density at radius 1 is 1.15 bits per heavy atom. The molecule has 4 heteroatoms. The maximum atomic E-state index is 6.41. The number of hydrogen-bond donors (Lipinski definition) is 0. The lowest BCUT2D eigenvalue weighted by molar-refractivity contribution is 0.312. The van der Waals surface area contributed by atoms with Crippen molar-refractivity contribution < 1.29 is 0 Å². The highest BCUT2D eigenvalue weighted by Crippen LogP contribution is 2.39. The summed E-state index contributed by atoms with van der Waals surface area (Å²) in [7, 11) is 0. The molecule has 0 aliphatic heterocycles. The van der Waals surface area contributed by atoms with E-state index in [1.165, 1.54) is 42.5 Å². The van der Waals surface area contributed by atoms with E-state index in [1.54, 1.807) is 11.3 Å². The summed E-state index contributed by atoms with van der Waals surface area (Å²) in [5, 5.41) is 1.70. The zero-order valence-electron chi connectivity index (χ0n) is 12.4. The first-order chi connectivity index (χ1) is 9.60. The van der Waals surface area contributed by atoms with Crippen molar-refractivity contribution in [2.45, 2.75) is 58.8 Å². The van der Waals surface area contributed by atoms with E-state index < -0.39 is 0 Å². The first-order valence-electron chi connectivity index (χ1n) is 7.53. The smallest absolute Gasteiger partial charge is 0.141 e. The largest absolute Gasteiger partial charge is 0.222 e. The van der Waals surface area contributed by atoms with Crippen LogP contribution in [0.15, 0.2) is 0 Å². The molecule has 0 unspecified atom stereocenters. The molecule has 2 aromatic rings. The first-order valence-corrected chi connectivity index (χ1v) is 8.72. The average molecular weight is 309 g/mol. The molecule has 2 heterocycles. The van der Waals surface area contributed by atoms with Crippen molar-refractivity contribution in [1.82, 2.24) is 9.97 Å². The fraction of sp³-hybridized carbons (Fsp3) is 0.625. The molecule has 0 atom stereocenters. The number of aromatic nitrogens is 2. The molecule has 1 fully saturated rings. The van der Waals surface area contributed by atoms with E-state index in [2.05, 4.69) is 25.8 Å². The number of hydrogen-bond acceptors (Lipinski definition) is 3. The Balaban J connectivity index is 1.93. The molecule has 1 aliphatic carbocycles. The van der Waals surface area contributed by atoms with Crippen LogP contribution in [0.4, 0.5) is 0 Å². The molecule has 108 valence electrons. The molecule has 3 rings (SSSR count). The van der Waals surface area contributed by atoms with Gasteiger partial charge in [-0.3, -0.25) is 0 Å². The number of rotatable bonds is 2. The number of halogens is 1. The standard InChI is InChI=1S/C16H21ClN2S/c1-4-11-5-7-12(8-6-11)15-18-14(17)13-9(2)10(3)20-16(13)19-15/h11-12H,4-8H2,1-3H3. The molecular formula is C16H21ClN2S. The lowest BCUT2D eigenvalue weighted by Crippen LogP contribution is -2.14. The fourth-order valence-electron chi connectivity index (χ4n) is 3.23. The summed E-state index contributed by atoms with van der Waals surface area (Å²) in [6.07, 6.45) is 6.34. The molecule has 2 nitrogen and oxygen atoms in total. The summed E-state index contributed by atoms with van der Waals surface area (Å²) in [5.41, 5.74) is 1.23. The minimum Gasteiger partial charge on any atom is -0.222 e. The van der Waals surface area contributed by atoms with Gasteiger partial charge >= 0.3 is 0 Å². The van der Waals surface area contributed by atoms with Crippen LogP contribution in [0.5, 0.6) is 0 Å². The van der Waals surface area contributed by atoms with Gasteiger partial charge in [-0.25, -0.2) is 9.97 Å². The Kier molecular flexibility index (Phi) is 4.00. The Morgan fingerprint density at radius 2 is 1.85 bits per heavy atom. The van der Waals surface area contributed by atoms with E-state index in [4.69, 9.17) is 16.6 Å². The lowest BCUT2D eigenvalue weighted by Gasteiger charge is -2.26. The Labute approximate surface area is 129 Å². The highest BCUT2D eigenvalue weighted by molar-refractivity contribution is 7.18. The second-order valence-electron chi connectivity index (χ2n) is 5.96. The van der Waals surface area contributed by atoms with E-state index in [0.717, 1.165) is 22.0 Å². The van der Waals surface area contributed by atoms with Gasteiger partial charge in [0.15, 0.2) is 0 Å². The van der Waals surface area contributed by atoms with Crippen LogP contribution >= 0.6 is 22.9 Å². The van der Waals surface area contributed by atoms with Gasteiger partial charge in [-0.15, -0.1) is 11.3 Å². The van der Waals surface area contributed by atoms with E-state index in [1.807, 2.05) is 0 Å². The summed E-state index contributed by atoms with van der Waals surface area (Å²) < 4.78 is 0. The van der Waals surface area contributed by atoms with Gasteiger partial charge in [0.05, 0.1) is 5.39 Å². The summed E-state index contributed by atoms with van der Waals surface area (Å²) in [6, 6.07) is 0. The highest BCUT2D eigenvalue weighted by atomic mass is 35.5. The van der Waals surface area contributed by atoms with Crippen LogP contribution in [-0.4, -0.2) is 9.97 Å². The monoisotopic (exact) mass is 308 g/mol. The fourth-order valence-corrected chi connectivity index (χ4v) is 4.64. The van der Waals surface area contributed by atoms with Gasteiger partial charge in [-0.05, 0) is 51.0 Å². The molecule has 0 saturated heterocycles. The van der Waals surface area contributed by atoms with Gasteiger partial charge < -0.3 is 0 Å². The van der Waals surface area contributed by atoms with Crippen LogP contribution in [0.2, 0.25) is 5.15 Å². The third-order valence-corrected chi connectivity index (χ3v) is 6.17. The molecule has 0 bridgehead atoms. The number of fused-ring (bicyclic) bond motifs is 1. The van der Waals surface area contributed by atoms with Crippen LogP contribution < -0.4 is 0 Å². The van der Waals surface area contributed by atoms with Crippen LogP contribution in [0.3, 0.4) is 0 Å². The van der Waals surface area contributed by atoms with Crippen LogP contribution in [-0.2, 0) is 0 Å². The van der Waals surface area contributed by atoms with Gasteiger partial charge in [0.2, 0.25) is 0 Å². The topological polar surface area (TPSA) is 25.8 Å². The minimum absolute atomic E-state index is 0.502. The Hall–Kier alpha value is -0.670. The molecule has 0 spiro atoms. The zero-order chi connectivity index (χ0) is 14.3. The normalized spacial score (nSPS) is 23.4. The second-order valence-corrected chi connectivity index (χ2v) is 7.52. The molecular weight excluding hydrogens is 288 g/mol. The predicted molar refractivity (Wildman–Crippen MR) is 86.9 cm³/mol. The summed E-state index contributed by atoms with van der Waals surface area (Å²) in [4.78, 5) is 11.8. The van der Waals surface area contributed by atoms with Gasteiger partial charge in [0.1, 0.15) is 15.8 Å². The van der Waals surface area contributed by atoms with Crippen molar-refractivity contribution in [3.05, 3.63) is 21.4 Å². The van der Waals surface area contributed by atoms with E-state index >= 15 is 0 Å². The third kappa shape index (κ3) is 2.46. The minimum atomic E-state index is 0.502. The maximum Gasteiger partial charge on any atom is 0.141 e. The predicted octanol–water partition coefficient (Wildman–Crippen LogP) is 5.65. The van der Waals surface area contributed by atoms with Crippen molar-refractivity contribution in [3.8, 4) is 0 Å². The number of nitrogens with zero attached hydrogens (tertiary/aromatic N) is 2. The van der Waals surface area contributed by atoms with Gasteiger partial charge in [-0.2, -0.15) is 0 Å².